The lowest BCUT2D eigenvalue weighted by Gasteiger charge is -2.11. The number of aromatic nitrogens is 1. The van der Waals surface area contributed by atoms with Crippen LogP contribution >= 0.6 is 11.3 Å². The summed E-state index contributed by atoms with van der Waals surface area (Å²) >= 11 is 1.39. The smallest absolute Gasteiger partial charge is 0.270 e. The molecule has 0 saturated heterocycles. The Kier molecular flexibility index (Phi) is 4.90. The predicted molar refractivity (Wildman–Crippen MR) is 62.6 cm³/mol. The molecule has 1 amide bonds. The van der Waals surface area contributed by atoms with Crippen LogP contribution in [0.2, 0.25) is 0 Å². The zero-order chi connectivity index (χ0) is 11.3. The standard InChI is InChI=1S/C9H14N2O2S2/c1-7(3-4-15(2)13)11-9(12)8-5-14-6-10-8/h5-7H,3-4H2,1-2H3,(H,11,12). The number of carbonyl (C=O) groups is 1. The van der Waals surface area contributed by atoms with E-state index in [2.05, 4.69) is 10.3 Å². The Labute approximate surface area is 95.6 Å². The number of nitrogens with zero attached hydrogens (tertiary/aromatic N) is 1. The Morgan fingerprint density at radius 1 is 1.73 bits per heavy atom. The Balaban J connectivity index is 2.35. The summed E-state index contributed by atoms with van der Waals surface area (Å²) in [6.45, 7) is 1.90. The molecule has 0 aromatic carbocycles. The van der Waals surface area contributed by atoms with Gasteiger partial charge >= 0.3 is 0 Å². The average Bonchev–Trinajstić information content (AvgIpc) is 2.67. The summed E-state index contributed by atoms with van der Waals surface area (Å²) in [6.07, 6.45) is 2.38. The third kappa shape index (κ3) is 4.53. The van der Waals surface area contributed by atoms with Crippen molar-refractivity contribution < 1.29 is 9.00 Å². The van der Waals surface area contributed by atoms with E-state index in [-0.39, 0.29) is 11.9 Å². The van der Waals surface area contributed by atoms with E-state index >= 15 is 0 Å². The van der Waals surface area contributed by atoms with Crippen LogP contribution in [0.5, 0.6) is 0 Å². The van der Waals surface area contributed by atoms with Crippen LogP contribution in [0.15, 0.2) is 10.9 Å². The van der Waals surface area contributed by atoms with E-state index in [1.165, 1.54) is 11.3 Å². The average molecular weight is 246 g/mol. The van der Waals surface area contributed by atoms with Crippen molar-refractivity contribution in [1.29, 1.82) is 0 Å². The molecule has 1 aromatic rings. The summed E-state index contributed by atoms with van der Waals surface area (Å²) < 4.78 is 10.9. The van der Waals surface area contributed by atoms with Gasteiger partial charge in [-0.15, -0.1) is 11.3 Å². The Morgan fingerprint density at radius 3 is 3.00 bits per heavy atom. The molecule has 15 heavy (non-hydrogen) atoms. The molecular formula is C9H14N2O2S2. The van der Waals surface area contributed by atoms with Crippen LogP contribution in [-0.2, 0) is 10.8 Å². The molecule has 2 unspecified atom stereocenters. The van der Waals surface area contributed by atoms with Crippen LogP contribution in [0.3, 0.4) is 0 Å². The largest absolute Gasteiger partial charge is 0.348 e. The summed E-state index contributed by atoms with van der Waals surface area (Å²) in [5.41, 5.74) is 2.07. The van der Waals surface area contributed by atoms with Crippen LogP contribution < -0.4 is 5.32 Å². The number of thiazole rings is 1. The highest BCUT2D eigenvalue weighted by Crippen LogP contribution is 2.02. The van der Waals surface area contributed by atoms with Crippen molar-refractivity contribution in [3.63, 3.8) is 0 Å². The summed E-state index contributed by atoms with van der Waals surface area (Å²) in [4.78, 5) is 15.4. The first kappa shape index (κ1) is 12.3. The number of amides is 1. The molecule has 0 spiro atoms. The van der Waals surface area contributed by atoms with Crippen molar-refractivity contribution in [1.82, 2.24) is 10.3 Å². The maximum absolute atomic E-state index is 11.5. The van der Waals surface area contributed by atoms with Crippen molar-refractivity contribution in [2.45, 2.75) is 19.4 Å². The maximum Gasteiger partial charge on any atom is 0.270 e. The van der Waals surface area contributed by atoms with E-state index < -0.39 is 10.8 Å². The van der Waals surface area contributed by atoms with E-state index in [1.807, 2.05) is 6.92 Å². The van der Waals surface area contributed by atoms with Crippen molar-refractivity contribution >= 4 is 28.0 Å². The lowest BCUT2D eigenvalue weighted by atomic mass is 10.2. The molecule has 1 rings (SSSR count). The van der Waals surface area contributed by atoms with Gasteiger partial charge in [0.15, 0.2) is 0 Å². The monoisotopic (exact) mass is 246 g/mol. The minimum absolute atomic E-state index is 0.0306. The van der Waals surface area contributed by atoms with E-state index in [9.17, 15) is 9.00 Å². The van der Waals surface area contributed by atoms with Gasteiger partial charge in [0.1, 0.15) is 5.69 Å². The van der Waals surface area contributed by atoms with Gasteiger partial charge in [-0.1, -0.05) is 0 Å². The topological polar surface area (TPSA) is 59.1 Å². The lowest BCUT2D eigenvalue weighted by molar-refractivity contribution is 0.0935. The van der Waals surface area contributed by atoms with Crippen LogP contribution in [0.4, 0.5) is 0 Å². The summed E-state index contributed by atoms with van der Waals surface area (Å²) in [5.74, 6) is 0.448. The molecule has 0 bridgehead atoms. The maximum atomic E-state index is 11.5. The number of carbonyl (C=O) groups excluding carboxylic acids is 1. The van der Waals surface area contributed by atoms with E-state index in [0.717, 1.165) is 6.42 Å². The first-order chi connectivity index (χ1) is 7.09. The van der Waals surface area contributed by atoms with Gasteiger partial charge in [-0.05, 0) is 13.3 Å². The highest BCUT2D eigenvalue weighted by molar-refractivity contribution is 7.84. The highest BCUT2D eigenvalue weighted by atomic mass is 32.2. The second kappa shape index (κ2) is 5.97. The molecule has 0 aliphatic rings. The highest BCUT2D eigenvalue weighted by Gasteiger charge is 2.11. The molecule has 0 fully saturated rings. The van der Waals surface area contributed by atoms with Crippen molar-refractivity contribution in [3.05, 3.63) is 16.6 Å². The first-order valence-corrected chi connectivity index (χ1v) is 7.25. The van der Waals surface area contributed by atoms with Gasteiger partial charge in [0.25, 0.3) is 5.91 Å². The summed E-state index contributed by atoms with van der Waals surface area (Å²) in [7, 11) is -0.803. The molecular weight excluding hydrogens is 232 g/mol. The van der Waals surface area contributed by atoms with Gasteiger partial charge in [0, 0.05) is 34.2 Å². The van der Waals surface area contributed by atoms with Gasteiger partial charge in [-0.25, -0.2) is 4.98 Å². The minimum Gasteiger partial charge on any atom is -0.348 e. The van der Waals surface area contributed by atoms with E-state index in [4.69, 9.17) is 0 Å². The van der Waals surface area contributed by atoms with Crippen LogP contribution in [0.1, 0.15) is 23.8 Å². The second-order valence-corrected chi connectivity index (χ2v) is 5.59. The quantitative estimate of drug-likeness (QED) is 0.844. The Morgan fingerprint density at radius 2 is 2.47 bits per heavy atom. The zero-order valence-corrected chi connectivity index (χ0v) is 10.4. The molecule has 2 atom stereocenters. The van der Waals surface area contributed by atoms with Gasteiger partial charge < -0.3 is 5.32 Å². The van der Waals surface area contributed by atoms with Crippen molar-refractivity contribution in [2.24, 2.45) is 0 Å². The molecule has 6 heteroatoms. The minimum atomic E-state index is -0.803. The Hall–Kier alpha value is -0.750. The molecule has 0 radical (unpaired) electrons. The predicted octanol–water partition coefficient (Wildman–Crippen LogP) is 1.03. The Bertz CT molecular complexity index is 338. The fraction of sp³-hybridized carbons (Fsp3) is 0.556. The SMILES string of the molecule is CC(CCS(C)=O)NC(=O)c1cscn1. The molecule has 0 aliphatic carbocycles. The second-order valence-electron chi connectivity index (χ2n) is 3.31. The normalized spacial score (nSPS) is 14.5. The summed E-state index contributed by atoms with van der Waals surface area (Å²) in [5, 5.41) is 4.52. The first-order valence-electron chi connectivity index (χ1n) is 4.58. The molecule has 1 heterocycles. The molecule has 0 aliphatic heterocycles. The lowest BCUT2D eigenvalue weighted by Crippen LogP contribution is -2.33. The van der Waals surface area contributed by atoms with Crippen molar-refractivity contribution in [3.8, 4) is 0 Å². The van der Waals surface area contributed by atoms with Gasteiger partial charge in [-0.2, -0.15) is 0 Å². The van der Waals surface area contributed by atoms with Gasteiger partial charge in [0.05, 0.1) is 5.51 Å². The van der Waals surface area contributed by atoms with Crippen LogP contribution in [0.25, 0.3) is 0 Å². The third-order valence-corrected chi connectivity index (χ3v) is 3.28. The van der Waals surface area contributed by atoms with Gasteiger partial charge in [-0.3, -0.25) is 9.00 Å². The molecule has 1 N–H and O–H groups in total. The number of hydrogen-bond donors (Lipinski definition) is 1. The fourth-order valence-corrected chi connectivity index (χ4v) is 2.25. The van der Waals surface area contributed by atoms with Crippen LogP contribution in [-0.4, -0.2) is 33.2 Å². The van der Waals surface area contributed by atoms with Crippen molar-refractivity contribution in [2.75, 3.05) is 12.0 Å². The number of nitrogens with one attached hydrogen (secondary N) is 1. The molecule has 4 nitrogen and oxygen atoms in total. The van der Waals surface area contributed by atoms with E-state index in [1.54, 1.807) is 17.1 Å². The molecule has 84 valence electrons. The fourth-order valence-electron chi connectivity index (χ4n) is 1.04. The zero-order valence-electron chi connectivity index (χ0n) is 8.73. The van der Waals surface area contributed by atoms with Gasteiger partial charge in [0.2, 0.25) is 0 Å². The number of hydrogen-bond acceptors (Lipinski definition) is 4. The van der Waals surface area contributed by atoms with Crippen LogP contribution in [0, 0.1) is 0 Å². The van der Waals surface area contributed by atoms with E-state index in [0.29, 0.717) is 11.4 Å². The molecule has 0 saturated carbocycles. The third-order valence-electron chi connectivity index (χ3n) is 1.88. The molecule has 1 aromatic heterocycles. The summed E-state index contributed by atoms with van der Waals surface area (Å²) in [6, 6.07) is 0.0306. The number of rotatable bonds is 5.